The molecule has 2 aromatic rings. The minimum absolute atomic E-state index is 0.0209. The summed E-state index contributed by atoms with van der Waals surface area (Å²) in [5.74, 6) is -1.27. The second kappa shape index (κ2) is 11.8. The SMILES string of the molecule is C[C@H]1COc2ccccc2C(=O)NCCCCCC2(CCN(Cc3cccc(F)c3F)CC2)C(=O)N1. The summed E-state index contributed by atoms with van der Waals surface area (Å²) in [6, 6.07) is 11.2. The summed E-state index contributed by atoms with van der Waals surface area (Å²) in [5, 5.41) is 6.11. The molecule has 2 amide bonds. The Morgan fingerprint density at radius 1 is 1.00 bits per heavy atom. The number of halogens is 2. The third-order valence-electron chi connectivity index (χ3n) is 7.34. The molecule has 2 aliphatic rings. The van der Waals surface area contributed by atoms with Crippen LogP contribution >= 0.6 is 0 Å². The van der Waals surface area contributed by atoms with Gasteiger partial charge in [-0.05, 0) is 63.9 Å². The third-order valence-corrected chi connectivity index (χ3v) is 7.34. The van der Waals surface area contributed by atoms with Gasteiger partial charge >= 0.3 is 0 Å². The molecule has 6 nitrogen and oxygen atoms in total. The van der Waals surface area contributed by atoms with Gasteiger partial charge < -0.3 is 15.4 Å². The Morgan fingerprint density at radius 2 is 1.78 bits per heavy atom. The molecule has 2 N–H and O–H groups in total. The van der Waals surface area contributed by atoms with E-state index in [4.69, 9.17) is 4.74 Å². The number of nitrogens with one attached hydrogen (secondary N) is 2. The molecule has 4 rings (SSSR count). The molecule has 0 unspecified atom stereocenters. The number of para-hydroxylation sites is 1. The Balaban J connectivity index is 1.43. The molecule has 36 heavy (non-hydrogen) atoms. The molecule has 0 bridgehead atoms. The zero-order valence-corrected chi connectivity index (χ0v) is 20.8. The van der Waals surface area contributed by atoms with Gasteiger partial charge in [-0.1, -0.05) is 37.1 Å². The van der Waals surface area contributed by atoms with Gasteiger partial charge in [-0.15, -0.1) is 0 Å². The number of nitrogens with zero attached hydrogens (tertiary/aromatic N) is 1. The number of rotatable bonds is 2. The first-order chi connectivity index (χ1) is 17.4. The zero-order chi connectivity index (χ0) is 25.5. The first-order valence-electron chi connectivity index (χ1n) is 12.8. The molecule has 0 radical (unpaired) electrons. The van der Waals surface area contributed by atoms with Crippen molar-refractivity contribution in [2.75, 3.05) is 26.2 Å². The molecule has 2 aliphatic heterocycles. The molecule has 2 aromatic carbocycles. The van der Waals surface area contributed by atoms with Crippen LogP contribution in [0.1, 0.15) is 61.4 Å². The van der Waals surface area contributed by atoms with Crippen molar-refractivity contribution >= 4 is 11.8 Å². The van der Waals surface area contributed by atoms with Gasteiger partial charge in [0.05, 0.1) is 17.0 Å². The monoisotopic (exact) mass is 499 g/mol. The number of piperidine rings is 1. The van der Waals surface area contributed by atoms with Gasteiger partial charge in [0.15, 0.2) is 11.6 Å². The van der Waals surface area contributed by atoms with Crippen LogP contribution in [0.15, 0.2) is 42.5 Å². The molecule has 0 aromatic heterocycles. The Morgan fingerprint density at radius 3 is 2.58 bits per heavy atom. The van der Waals surface area contributed by atoms with E-state index in [1.807, 2.05) is 13.0 Å². The molecule has 194 valence electrons. The Hall–Kier alpha value is -3.00. The highest BCUT2D eigenvalue weighted by atomic mass is 19.2. The number of hydrogen-bond acceptors (Lipinski definition) is 4. The number of fused-ring (bicyclic) bond motifs is 1. The summed E-state index contributed by atoms with van der Waals surface area (Å²) >= 11 is 0. The highest BCUT2D eigenvalue weighted by Crippen LogP contribution is 2.38. The molecule has 1 fully saturated rings. The number of benzene rings is 2. The maximum absolute atomic E-state index is 14.2. The minimum atomic E-state index is -0.836. The fourth-order valence-electron chi connectivity index (χ4n) is 5.12. The first-order valence-corrected chi connectivity index (χ1v) is 12.8. The van der Waals surface area contributed by atoms with Crippen LogP contribution in [0.4, 0.5) is 8.78 Å². The third kappa shape index (κ3) is 6.22. The van der Waals surface area contributed by atoms with Gasteiger partial charge in [0.2, 0.25) is 5.91 Å². The van der Waals surface area contributed by atoms with Crippen LogP contribution in [-0.4, -0.2) is 49.0 Å². The zero-order valence-electron chi connectivity index (χ0n) is 20.8. The summed E-state index contributed by atoms with van der Waals surface area (Å²) in [6.07, 6.45) is 4.67. The van der Waals surface area contributed by atoms with E-state index in [9.17, 15) is 18.4 Å². The van der Waals surface area contributed by atoms with Gasteiger partial charge in [0.1, 0.15) is 12.4 Å². The highest BCUT2D eigenvalue weighted by Gasteiger charge is 2.41. The molecule has 8 heteroatoms. The summed E-state index contributed by atoms with van der Waals surface area (Å²) in [4.78, 5) is 28.2. The second-order valence-corrected chi connectivity index (χ2v) is 10.0. The average molecular weight is 500 g/mol. The molecular weight excluding hydrogens is 464 g/mol. The number of carbonyl (C=O) groups excluding carboxylic acids is 2. The van der Waals surface area contributed by atoms with Gasteiger partial charge in [0.25, 0.3) is 5.91 Å². The van der Waals surface area contributed by atoms with Crippen molar-refractivity contribution in [1.82, 2.24) is 15.5 Å². The maximum atomic E-state index is 14.2. The number of likely N-dealkylation sites (tertiary alicyclic amines) is 1. The van der Waals surface area contributed by atoms with Crippen molar-refractivity contribution in [3.05, 3.63) is 65.2 Å². The highest BCUT2D eigenvalue weighted by molar-refractivity contribution is 5.96. The average Bonchev–Trinajstić information content (AvgIpc) is 2.88. The van der Waals surface area contributed by atoms with E-state index in [2.05, 4.69) is 15.5 Å². The lowest BCUT2D eigenvalue weighted by Crippen LogP contribution is -2.51. The lowest BCUT2D eigenvalue weighted by atomic mass is 9.73. The van der Waals surface area contributed by atoms with E-state index in [-0.39, 0.29) is 24.5 Å². The van der Waals surface area contributed by atoms with Crippen molar-refractivity contribution in [1.29, 1.82) is 0 Å². The largest absolute Gasteiger partial charge is 0.491 e. The smallest absolute Gasteiger partial charge is 0.255 e. The molecule has 1 saturated heterocycles. The van der Waals surface area contributed by atoms with Crippen LogP contribution < -0.4 is 15.4 Å². The molecule has 2 heterocycles. The van der Waals surface area contributed by atoms with Gasteiger partial charge in [-0.3, -0.25) is 14.5 Å². The summed E-state index contributed by atoms with van der Waals surface area (Å²) in [7, 11) is 0. The Labute approximate surface area is 211 Å². The summed E-state index contributed by atoms with van der Waals surface area (Å²) < 4.78 is 33.7. The fraction of sp³-hybridized carbons (Fsp3) is 0.500. The van der Waals surface area contributed by atoms with E-state index >= 15 is 0 Å². The predicted octanol–water partition coefficient (Wildman–Crippen LogP) is 4.43. The van der Waals surface area contributed by atoms with Crippen molar-refractivity contribution in [3.63, 3.8) is 0 Å². The lowest BCUT2D eigenvalue weighted by Gasteiger charge is -2.41. The van der Waals surface area contributed by atoms with E-state index in [1.54, 1.807) is 24.3 Å². The van der Waals surface area contributed by atoms with Gasteiger partial charge in [-0.2, -0.15) is 0 Å². The number of hydrogen-bond donors (Lipinski definition) is 2. The predicted molar refractivity (Wildman–Crippen MR) is 134 cm³/mol. The van der Waals surface area contributed by atoms with Crippen LogP contribution in [0.5, 0.6) is 5.75 Å². The van der Waals surface area contributed by atoms with Crippen LogP contribution in [0.2, 0.25) is 0 Å². The number of ether oxygens (including phenoxy) is 1. The van der Waals surface area contributed by atoms with Crippen LogP contribution in [-0.2, 0) is 11.3 Å². The first kappa shape index (κ1) is 26.1. The molecule has 1 spiro atoms. The van der Waals surface area contributed by atoms with Crippen LogP contribution in [0.3, 0.4) is 0 Å². The quantitative estimate of drug-likeness (QED) is 0.641. The van der Waals surface area contributed by atoms with Crippen LogP contribution in [0.25, 0.3) is 0 Å². The van der Waals surface area contributed by atoms with Crippen molar-refractivity contribution in [2.24, 2.45) is 5.41 Å². The molecule has 1 atom stereocenters. The lowest BCUT2D eigenvalue weighted by molar-refractivity contribution is -0.135. The fourth-order valence-corrected chi connectivity index (χ4v) is 5.12. The van der Waals surface area contributed by atoms with Crippen LogP contribution in [0, 0.1) is 17.0 Å². The van der Waals surface area contributed by atoms with Crippen molar-refractivity contribution in [2.45, 2.75) is 58.0 Å². The number of carbonyl (C=O) groups is 2. The van der Waals surface area contributed by atoms with E-state index in [0.29, 0.717) is 55.9 Å². The topological polar surface area (TPSA) is 70.7 Å². The number of amides is 2. The molecular formula is C28H35F2N3O3. The molecule has 0 aliphatic carbocycles. The summed E-state index contributed by atoms with van der Waals surface area (Å²) in [5.41, 5.74) is 0.321. The van der Waals surface area contributed by atoms with E-state index < -0.39 is 17.0 Å². The minimum Gasteiger partial charge on any atom is -0.491 e. The van der Waals surface area contributed by atoms with Crippen molar-refractivity contribution in [3.8, 4) is 5.75 Å². The second-order valence-electron chi connectivity index (χ2n) is 10.0. The Bertz CT molecular complexity index is 1070. The van der Waals surface area contributed by atoms with Crippen molar-refractivity contribution < 1.29 is 23.1 Å². The van der Waals surface area contributed by atoms with Gasteiger partial charge in [0, 0.05) is 18.7 Å². The van der Waals surface area contributed by atoms with E-state index in [0.717, 1.165) is 31.7 Å². The molecule has 0 saturated carbocycles. The standard InChI is InChI=1S/C28H35F2N3O3/c1-20-19-36-24-11-4-3-9-22(24)26(34)31-15-6-2-5-12-28(27(35)32-20)13-16-33(17-14-28)18-21-8-7-10-23(29)25(21)30/h3-4,7-11,20H,2,5-6,12-19H2,1H3,(H,31,34)(H,32,35)/t20-/m0/s1. The Kier molecular flexibility index (Phi) is 8.56. The maximum Gasteiger partial charge on any atom is 0.255 e. The summed E-state index contributed by atoms with van der Waals surface area (Å²) in [6.45, 7) is 4.31. The van der Waals surface area contributed by atoms with Gasteiger partial charge in [-0.25, -0.2) is 8.78 Å². The normalized spacial score (nSPS) is 21.9. The van der Waals surface area contributed by atoms with E-state index in [1.165, 1.54) is 6.07 Å².